The largest absolute Gasteiger partial charge is 0.481 e. The Labute approximate surface area is 136 Å². The molecule has 0 heterocycles. The van der Waals surface area contributed by atoms with Crippen LogP contribution in [0, 0.1) is 0 Å². The minimum Gasteiger partial charge on any atom is -0.481 e. The van der Waals surface area contributed by atoms with Crippen molar-refractivity contribution in [3.63, 3.8) is 0 Å². The molecule has 0 bridgehead atoms. The van der Waals surface area contributed by atoms with Gasteiger partial charge in [-0.1, -0.05) is 6.07 Å². The Hall–Kier alpha value is -2.37. The molecule has 0 atom stereocenters. The zero-order chi connectivity index (χ0) is 17.6. The van der Waals surface area contributed by atoms with Gasteiger partial charge < -0.3 is 14.9 Å². The molecule has 0 spiro atoms. The van der Waals surface area contributed by atoms with Crippen molar-refractivity contribution in [2.24, 2.45) is 0 Å². The molecule has 0 aromatic heterocycles. The molecule has 1 aromatic carbocycles. The predicted octanol–water partition coefficient (Wildman–Crippen LogP) is 2.10. The van der Waals surface area contributed by atoms with Crippen LogP contribution < -0.4 is 0 Å². The van der Waals surface area contributed by atoms with Gasteiger partial charge in [0.2, 0.25) is 0 Å². The maximum Gasteiger partial charge on any atom is 0.305 e. The average molecular weight is 320 g/mol. The third-order valence-electron chi connectivity index (χ3n) is 3.63. The molecule has 1 rings (SSSR count). The van der Waals surface area contributed by atoms with Crippen molar-refractivity contribution in [1.82, 2.24) is 9.80 Å². The van der Waals surface area contributed by atoms with Crippen molar-refractivity contribution < 1.29 is 19.5 Å². The second-order valence-electron chi connectivity index (χ2n) is 5.64. The predicted molar refractivity (Wildman–Crippen MR) is 87.5 cm³/mol. The van der Waals surface area contributed by atoms with Crippen LogP contribution in [0.5, 0.6) is 0 Å². The number of hydrogen-bond donors (Lipinski definition) is 1. The van der Waals surface area contributed by atoms with Crippen LogP contribution in [0.25, 0.3) is 0 Å². The maximum absolute atomic E-state index is 12.6. The van der Waals surface area contributed by atoms with Gasteiger partial charge in [0.1, 0.15) is 0 Å². The number of hydrogen-bond acceptors (Lipinski definition) is 3. The van der Waals surface area contributed by atoms with E-state index in [2.05, 4.69) is 0 Å². The highest BCUT2D eigenvalue weighted by atomic mass is 16.4. The van der Waals surface area contributed by atoms with Gasteiger partial charge in [-0.3, -0.25) is 14.4 Å². The first-order valence-corrected chi connectivity index (χ1v) is 7.66. The maximum atomic E-state index is 12.6. The molecule has 2 amide bonds. The molecule has 0 aliphatic rings. The van der Waals surface area contributed by atoms with Gasteiger partial charge in [-0.2, -0.15) is 0 Å². The Balaban J connectivity index is 3.01. The Bertz CT molecular complexity index is 584. The van der Waals surface area contributed by atoms with Gasteiger partial charge in [0.25, 0.3) is 11.8 Å². The second-order valence-corrected chi connectivity index (χ2v) is 5.64. The molecule has 126 valence electrons. The lowest BCUT2D eigenvalue weighted by molar-refractivity contribution is -0.137. The zero-order valence-electron chi connectivity index (χ0n) is 14.1. The van der Waals surface area contributed by atoms with E-state index in [1.807, 2.05) is 20.8 Å². The fourth-order valence-corrected chi connectivity index (χ4v) is 2.13. The average Bonchev–Trinajstić information content (AvgIpc) is 2.52. The summed E-state index contributed by atoms with van der Waals surface area (Å²) in [5, 5.41) is 8.81. The number of aliphatic carboxylic acids is 1. The minimum atomic E-state index is -0.947. The summed E-state index contributed by atoms with van der Waals surface area (Å²) in [5.41, 5.74) is 0.835. The number of benzene rings is 1. The molecule has 6 nitrogen and oxygen atoms in total. The molecule has 1 N–H and O–H groups in total. The van der Waals surface area contributed by atoms with E-state index in [9.17, 15) is 14.4 Å². The summed E-state index contributed by atoms with van der Waals surface area (Å²) in [5.74, 6) is -1.37. The minimum absolute atomic E-state index is 0.110. The quantitative estimate of drug-likeness (QED) is 0.834. The van der Waals surface area contributed by atoms with Crippen LogP contribution in [0.15, 0.2) is 24.3 Å². The highest BCUT2D eigenvalue weighted by Crippen LogP contribution is 2.13. The fourth-order valence-electron chi connectivity index (χ4n) is 2.13. The topological polar surface area (TPSA) is 77.9 Å². The first-order valence-electron chi connectivity index (χ1n) is 7.66. The molecule has 1 aromatic rings. The lowest BCUT2D eigenvalue weighted by atomic mass is 10.1. The monoisotopic (exact) mass is 320 g/mol. The Morgan fingerprint density at radius 2 is 1.70 bits per heavy atom. The van der Waals surface area contributed by atoms with Gasteiger partial charge >= 0.3 is 5.97 Å². The van der Waals surface area contributed by atoms with Gasteiger partial charge in [-0.05, 0) is 39.0 Å². The molecule has 6 heteroatoms. The zero-order valence-corrected chi connectivity index (χ0v) is 14.1. The van der Waals surface area contributed by atoms with Crippen LogP contribution in [0.1, 0.15) is 47.9 Å². The van der Waals surface area contributed by atoms with Crippen LogP contribution in [0.2, 0.25) is 0 Å². The molecule has 0 aliphatic carbocycles. The number of carbonyl (C=O) groups excluding carboxylic acids is 2. The van der Waals surface area contributed by atoms with Crippen LogP contribution in [0.3, 0.4) is 0 Å². The number of carboxylic acids is 1. The van der Waals surface area contributed by atoms with E-state index in [4.69, 9.17) is 5.11 Å². The molecule has 0 saturated carbocycles. The Morgan fingerprint density at radius 3 is 2.17 bits per heavy atom. The first kappa shape index (κ1) is 18.7. The highest BCUT2D eigenvalue weighted by Gasteiger charge is 2.21. The summed E-state index contributed by atoms with van der Waals surface area (Å²) in [6.07, 6.45) is -0.110. The number of nitrogens with zero attached hydrogens (tertiary/aromatic N) is 2. The van der Waals surface area contributed by atoms with Gasteiger partial charge in [0.05, 0.1) is 6.42 Å². The van der Waals surface area contributed by atoms with E-state index in [1.54, 1.807) is 36.2 Å². The molecule has 0 saturated heterocycles. The molecular weight excluding hydrogens is 296 g/mol. The fraction of sp³-hybridized carbons (Fsp3) is 0.471. The molecule has 0 fully saturated rings. The lowest BCUT2D eigenvalue weighted by Crippen LogP contribution is -2.38. The number of carbonyl (C=O) groups is 3. The summed E-state index contributed by atoms with van der Waals surface area (Å²) >= 11 is 0. The first-order chi connectivity index (χ1) is 10.8. The summed E-state index contributed by atoms with van der Waals surface area (Å²) in [6, 6.07) is 6.41. The molecule has 23 heavy (non-hydrogen) atoms. The summed E-state index contributed by atoms with van der Waals surface area (Å²) in [4.78, 5) is 38.6. The highest BCUT2D eigenvalue weighted by molar-refractivity contribution is 5.99. The van der Waals surface area contributed by atoms with Gasteiger partial charge in [-0.25, -0.2) is 0 Å². The van der Waals surface area contributed by atoms with E-state index in [0.29, 0.717) is 17.7 Å². The third kappa shape index (κ3) is 5.09. The van der Waals surface area contributed by atoms with Crippen molar-refractivity contribution >= 4 is 17.8 Å². The Morgan fingerprint density at radius 1 is 1.13 bits per heavy atom. The van der Waals surface area contributed by atoms with Gasteiger partial charge in [0, 0.05) is 37.3 Å². The van der Waals surface area contributed by atoms with E-state index >= 15 is 0 Å². The third-order valence-corrected chi connectivity index (χ3v) is 3.63. The van der Waals surface area contributed by atoms with E-state index in [0.717, 1.165) is 0 Å². The molecule has 0 radical (unpaired) electrons. The van der Waals surface area contributed by atoms with Gasteiger partial charge in [-0.15, -0.1) is 0 Å². The van der Waals surface area contributed by atoms with E-state index in [1.165, 1.54) is 4.90 Å². The van der Waals surface area contributed by atoms with Crippen LogP contribution in [0.4, 0.5) is 0 Å². The van der Waals surface area contributed by atoms with Crippen molar-refractivity contribution in [1.29, 1.82) is 0 Å². The van der Waals surface area contributed by atoms with E-state index < -0.39 is 5.97 Å². The molecule has 0 aliphatic heterocycles. The molecular formula is C17H24N2O4. The van der Waals surface area contributed by atoms with Crippen molar-refractivity contribution in [3.8, 4) is 0 Å². The lowest BCUT2D eigenvalue weighted by Gasteiger charge is -2.26. The standard InChI is InChI=1S/C17H24N2O4/c1-5-18(4)16(22)13-7-6-8-14(11-13)17(23)19(12(2)3)10-9-15(20)21/h6-8,11-12H,5,9-10H2,1-4H3,(H,20,21). The summed E-state index contributed by atoms with van der Waals surface area (Å²) in [7, 11) is 1.70. The van der Waals surface area contributed by atoms with Gasteiger partial charge in [0.15, 0.2) is 0 Å². The summed E-state index contributed by atoms with van der Waals surface area (Å²) < 4.78 is 0. The number of rotatable bonds is 7. The molecule has 0 unspecified atom stereocenters. The Kier molecular flexibility index (Phi) is 6.75. The second kappa shape index (κ2) is 8.31. The van der Waals surface area contributed by atoms with E-state index in [-0.39, 0.29) is 30.8 Å². The number of amides is 2. The SMILES string of the molecule is CCN(C)C(=O)c1cccc(C(=O)N(CCC(=O)O)C(C)C)c1. The van der Waals surface area contributed by atoms with Crippen molar-refractivity contribution in [2.75, 3.05) is 20.1 Å². The summed E-state index contributed by atoms with van der Waals surface area (Å²) in [6.45, 7) is 6.26. The van der Waals surface area contributed by atoms with Crippen molar-refractivity contribution in [3.05, 3.63) is 35.4 Å². The normalized spacial score (nSPS) is 10.5. The number of carboxylic acid groups (broad SMARTS) is 1. The van der Waals surface area contributed by atoms with Crippen LogP contribution >= 0.6 is 0 Å². The van der Waals surface area contributed by atoms with Crippen LogP contribution in [-0.4, -0.2) is 58.9 Å². The smallest absolute Gasteiger partial charge is 0.305 e. The van der Waals surface area contributed by atoms with Crippen molar-refractivity contribution in [2.45, 2.75) is 33.2 Å². The van der Waals surface area contributed by atoms with Crippen LogP contribution in [-0.2, 0) is 4.79 Å².